The van der Waals surface area contributed by atoms with E-state index < -0.39 is 22.9 Å². The van der Waals surface area contributed by atoms with Crippen LogP contribution in [0.4, 0.5) is 4.39 Å². The van der Waals surface area contributed by atoms with Crippen molar-refractivity contribution in [3.8, 4) is 0 Å². The van der Waals surface area contributed by atoms with Crippen LogP contribution in [0.3, 0.4) is 0 Å². The van der Waals surface area contributed by atoms with Crippen molar-refractivity contribution in [3.05, 3.63) is 35.8 Å². The molecule has 0 aliphatic carbocycles. The van der Waals surface area contributed by atoms with Crippen molar-refractivity contribution in [2.45, 2.75) is 11.7 Å². The van der Waals surface area contributed by atoms with E-state index in [-0.39, 0.29) is 6.42 Å². The van der Waals surface area contributed by atoms with Gasteiger partial charge in [0.1, 0.15) is 5.82 Å². The zero-order valence-corrected chi connectivity index (χ0v) is 9.29. The number of carbonyl (C=O) groups excluding carboxylic acids is 2. The minimum absolute atomic E-state index is 0.130. The third-order valence-corrected chi connectivity index (χ3v) is 3.22. The SMILES string of the molecule is [B]C1(c2c[nH]c3ccc(F)cc23)CC(=O)NC1=O. The van der Waals surface area contributed by atoms with Crippen molar-refractivity contribution in [2.24, 2.45) is 0 Å². The monoisotopic (exact) mass is 242 g/mol. The number of imide groups is 1. The van der Waals surface area contributed by atoms with Crippen LogP contribution in [0.2, 0.25) is 0 Å². The van der Waals surface area contributed by atoms with Crippen molar-refractivity contribution in [1.82, 2.24) is 10.3 Å². The maximum Gasteiger partial charge on any atom is 0.228 e. The number of nitrogens with one attached hydrogen (secondary N) is 2. The van der Waals surface area contributed by atoms with Gasteiger partial charge in [-0.2, -0.15) is 0 Å². The first kappa shape index (κ1) is 11.0. The lowest BCUT2D eigenvalue weighted by atomic mass is 9.63. The van der Waals surface area contributed by atoms with Crippen LogP contribution in [0, 0.1) is 5.82 Å². The van der Waals surface area contributed by atoms with Gasteiger partial charge in [0.15, 0.2) is 0 Å². The number of rotatable bonds is 1. The van der Waals surface area contributed by atoms with Gasteiger partial charge in [0.2, 0.25) is 11.8 Å². The molecule has 1 unspecified atom stereocenters. The summed E-state index contributed by atoms with van der Waals surface area (Å²) < 4.78 is 13.3. The molecule has 6 heteroatoms. The molecule has 1 aliphatic rings. The zero-order valence-electron chi connectivity index (χ0n) is 9.29. The summed E-state index contributed by atoms with van der Waals surface area (Å²) in [4.78, 5) is 26.0. The topological polar surface area (TPSA) is 62.0 Å². The van der Waals surface area contributed by atoms with Gasteiger partial charge < -0.3 is 4.98 Å². The van der Waals surface area contributed by atoms with Crippen LogP contribution in [0.1, 0.15) is 12.0 Å². The predicted octanol–water partition coefficient (Wildman–Crippen LogP) is 0.717. The molecule has 1 aliphatic heterocycles. The van der Waals surface area contributed by atoms with E-state index in [1.54, 1.807) is 12.3 Å². The Morgan fingerprint density at radius 2 is 2.11 bits per heavy atom. The lowest BCUT2D eigenvalue weighted by molar-refractivity contribution is -0.125. The third kappa shape index (κ3) is 1.38. The number of aromatic nitrogens is 1. The molecule has 0 bridgehead atoms. The minimum atomic E-state index is -1.43. The van der Waals surface area contributed by atoms with Gasteiger partial charge in [0, 0.05) is 28.8 Å². The molecule has 4 nitrogen and oxygen atoms in total. The molecule has 3 rings (SSSR count). The van der Waals surface area contributed by atoms with Crippen molar-refractivity contribution in [1.29, 1.82) is 0 Å². The Kier molecular flexibility index (Phi) is 2.11. The molecule has 2 amide bonds. The molecule has 2 heterocycles. The molecule has 0 saturated carbocycles. The molecule has 1 atom stereocenters. The molecule has 0 spiro atoms. The number of hydrogen-bond donors (Lipinski definition) is 2. The highest BCUT2D eigenvalue weighted by Crippen LogP contribution is 2.34. The van der Waals surface area contributed by atoms with Crippen molar-refractivity contribution >= 4 is 30.6 Å². The molecule has 1 fully saturated rings. The van der Waals surface area contributed by atoms with E-state index >= 15 is 0 Å². The highest BCUT2D eigenvalue weighted by Gasteiger charge is 2.44. The zero-order chi connectivity index (χ0) is 12.9. The van der Waals surface area contributed by atoms with Crippen LogP contribution >= 0.6 is 0 Å². The first-order valence-corrected chi connectivity index (χ1v) is 5.41. The van der Waals surface area contributed by atoms with Crippen molar-refractivity contribution in [3.63, 3.8) is 0 Å². The molecular weight excluding hydrogens is 234 g/mol. The van der Waals surface area contributed by atoms with Gasteiger partial charge in [-0.1, -0.05) is 0 Å². The number of hydrogen-bond acceptors (Lipinski definition) is 2. The number of amides is 2. The van der Waals surface area contributed by atoms with Crippen LogP contribution < -0.4 is 5.32 Å². The summed E-state index contributed by atoms with van der Waals surface area (Å²) in [6.07, 6.45) is 1.41. The standard InChI is InChI=1S/C12H8BFN2O2/c13-12(4-10(17)16-11(12)18)8-5-15-9-2-1-6(14)3-7(8)9/h1-3,5,15H,4H2,(H,16,17,18). The number of H-pyrrole nitrogens is 1. The summed E-state index contributed by atoms with van der Waals surface area (Å²) >= 11 is 0. The smallest absolute Gasteiger partial charge is 0.228 e. The Morgan fingerprint density at radius 3 is 2.78 bits per heavy atom. The maximum atomic E-state index is 13.3. The van der Waals surface area contributed by atoms with E-state index in [1.165, 1.54) is 12.1 Å². The Balaban J connectivity index is 2.23. The van der Waals surface area contributed by atoms with Crippen LogP contribution in [-0.4, -0.2) is 24.6 Å². The number of benzene rings is 1. The molecule has 1 aromatic heterocycles. The third-order valence-electron chi connectivity index (χ3n) is 3.22. The van der Waals surface area contributed by atoms with Gasteiger partial charge in [-0.15, -0.1) is 0 Å². The number of carbonyl (C=O) groups is 2. The summed E-state index contributed by atoms with van der Waals surface area (Å²) in [5.74, 6) is -1.40. The Bertz CT molecular complexity index is 682. The summed E-state index contributed by atoms with van der Waals surface area (Å²) in [7, 11) is 6.00. The Labute approximate surface area is 103 Å². The van der Waals surface area contributed by atoms with Crippen LogP contribution in [0.25, 0.3) is 10.9 Å². The minimum Gasteiger partial charge on any atom is -0.361 e. The highest BCUT2D eigenvalue weighted by atomic mass is 19.1. The van der Waals surface area contributed by atoms with Gasteiger partial charge in [-0.3, -0.25) is 14.9 Å². The average molecular weight is 242 g/mol. The molecular formula is C12H8BFN2O2. The first-order valence-electron chi connectivity index (χ1n) is 5.41. The lowest BCUT2D eigenvalue weighted by Gasteiger charge is -2.19. The second-order valence-corrected chi connectivity index (χ2v) is 4.42. The quantitative estimate of drug-likeness (QED) is 0.571. The average Bonchev–Trinajstić information content (AvgIpc) is 2.81. The van der Waals surface area contributed by atoms with Gasteiger partial charge in [-0.25, -0.2) is 4.39 Å². The van der Waals surface area contributed by atoms with Crippen molar-refractivity contribution in [2.75, 3.05) is 0 Å². The van der Waals surface area contributed by atoms with Gasteiger partial charge >= 0.3 is 0 Å². The molecule has 2 N–H and O–H groups in total. The number of fused-ring (bicyclic) bond motifs is 1. The van der Waals surface area contributed by atoms with Gasteiger partial charge in [0.25, 0.3) is 0 Å². The number of halogens is 1. The summed E-state index contributed by atoms with van der Waals surface area (Å²) in [5.41, 5.74) is 1.10. The van der Waals surface area contributed by atoms with Gasteiger partial charge in [0.05, 0.1) is 7.85 Å². The molecule has 88 valence electrons. The molecule has 2 aromatic rings. The van der Waals surface area contributed by atoms with Crippen LogP contribution in [0.5, 0.6) is 0 Å². The predicted molar refractivity (Wildman–Crippen MR) is 63.5 cm³/mol. The molecule has 2 radical (unpaired) electrons. The maximum absolute atomic E-state index is 13.3. The van der Waals surface area contributed by atoms with Crippen LogP contribution in [-0.2, 0) is 14.9 Å². The number of aromatic amines is 1. The lowest BCUT2D eigenvalue weighted by Crippen LogP contribution is -2.35. The fraction of sp³-hybridized carbons (Fsp3) is 0.167. The molecule has 1 aromatic carbocycles. The molecule has 1 saturated heterocycles. The fourth-order valence-electron chi connectivity index (χ4n) is 2.30. The summed E-state index contributed by atoms with van der Waals surface area (Å²) in [5, 5.41) is 1.25. The van der Waals surface area contributed by atoms with E-state index in [1.807, 2.05) is 0 Å². The van der Waals surface area contributed by atoms with Crippen LogP contribution in [0.15, 0.2) is 24.4 Å². The second-order valence-electron chi connectivity index (χ2n) is 4.42. The van der Waals surface area contributed by atoms with E-state index in [0.717, 1.165) is 0 Å². The fourth-order valence-corrected chi connectivity index (χ4v) is 2.30. The molecule has 18 heavy (non-hydrogen) atoms. The Morgan fingerprint density at radius 1 is 1.33 bits per heavy atom. The highest BCUT2D eigenvalue weighted by molar-refractivity contribution is 6.35. The van der Waals surface area contributed by atoms with E-state index in [4.69, 9.17) is 7.85 Å². The first-order chi connectivity index (χ1) is 8.50. The largest absolute Gasteiger partial charge is 0.361 e. The second kappa shape index (κ2) is 3.44. The van der Waals surface area contributed by atoms with E-state index in [2.05, 4.69) is 10.3 Å². The van der Waals surface area contributed by atoms with Gasteiger partial charge in [-0.05, 0) is 23.8 Å². The Hall–Kier alpha value is -2.11. The summed E-state index contributed by atoms with van der Waals surface area (Å²) in [6, 6.07) is 4.17. The van der Waals surface area contributed by atoms with Crippen molar-refractivity contribution < 1.29 is 14.0 Å². The normalized spacial score (nSPS) is 23.6. The van der Waals surface area contributed by atoms with E-state index in [9.17, 15) is 14.0 Å². The van der Waals surface area contributed by atoms with E-state index in [0.29, 0.717) is 16.5 Å². The summed E-state index contributed by atoms with van der Waals surface area (Å²) in [6.45, 7) is 0.